The lowest BCUT2D eigenvalue weighted by Crippen LogP contribution is -2.49. The van der Waals surface area contributed by atoms with Crippen molar-refractivity contribution >= 4 is 11.9 Å². The van der Waals surface area contributed by atoms with E-state index in [2.05, 4.69) is 20.3 Å². The number of rotatable bonds is 6. The molecule has 3 N–H and O–H groups in total. The second-order valence-corrected chi connectivity index (χ2v) is 10.2. The number of carbonyl (C=O) groups is 1. The molecule has 2 aliphatic heterocycles. The van der Waals surface area contributed by atoms with Crippen LogP contribution in [0.1, 0.15) is 38.3 Å². The van der Waals surface area contributed by atoms with Crippen molar-refractivity contribution in [2.75, 3.05) is 31.6 Å². The summed E-state index contributed by atoms with van der Waals surface area (Å²) in [6.07, 6.45) is 3.15. The van der Waals surface area contributed by atoms with Crippen LogP contribution >= 0.6 is 0 Å². The van der Waals surface area contributed by atoms with Crippen molar-refractivity contribution in [1.82, 2.24) is 24.8 Å². The monoisotopic (exact) mass is 508 g/mol. The van der Waals surface area contributed by atoms with Gasteiger partial charge in [0.1, 0.15) is 5.82 Å². The Balaban J connectivity index is 1.26. The van der Waals surface area contributed by atoms with Gasteiger partial charge in [0.2, 0.25) is 18.1 Å². The van der Waals surface area contributed by atoms with Crippen molar-refractivity contribution in [1.29, 1.82) is 0 Å². The van der Waals surface area contributed by atoms with Crippen LogP contribution in [0.5, 0.6) is 0 Å². The molecule has 194 valence electrons. The molecule has 3 fully saturated rings. The molecule has 0 spiro atoms. The van der Waals surface area contributed by atoms with Crippen LogP contribution in [0.4, 0.5) is 10.3 Å². The van der Waals surface area contributed by atoms with Gasteiger partial charge in [0.05, 0.1) is 41.8 Å². The molecule has 1 amide bonds. The lowest BCUT2D eigenvalue weighted by Gasteiger charge is -2.37. The van der Waals surface area contributed by atoms with E-state index in [1.807, 2.05) is 6.92 Å². The summed E-state index contributed by atoms with van der Waals surface area (Å²) >= 11 is 0. The van der Waals surface area contributed by atoms with Crippen molar-refractivity contribution < 1.29 is 23.8 Å². The predicted molar refractivity (Wildman–Crippen MR) is 132 cm³/mol. The molecule has 4 heterocycles. The smallest absolute Gasteiger partial charge is 0.233 e. The highest BCUT2D eigenvalue weighted by Gasteiger charge is 2.44. The number of hydrogen-bond donors (Lipinski definition) is 3. The Kier molecular flexibility index (Phi) is 6.13. The molecule has 3 aromatic rings. The minimum Gasteiger partial charge on any atom is -0.391 e. The maximum atomic E-state index is 13.6. The van der Waals surface area contributed by atoms with Crippen LogP contribution in [-0.4, -0.2) is 74.3 Å². The molecule has 10 nitrogen and oxygen atoms in total. The fraction of sp³-hybridized carbons (Fsp3) is 0.462. The van der Waals surface area contributed by atoms with E-state index in [9.17, 15) is 14.3 Å². The summed E-state index contributed by atoms with van der Waals surface area (Å²) in [7, 11) is 0. The van der Waals surface area contributed by atoms with Crippen LogP contribution in [-0.2, 0) is 14.3 Å². The number of ether oxygens (including phenoxy) is 2. The molecule has 11 heteroatoms. The highest BCUT2D eigenvalue weighted by Crippen LogP contribution is 2.37. The zero-order valence-corrected chi connectivity index (χ0v) is 20.5. The molecule has 1 aromatic carbocycles. The lowest BCUT2D eigenvalue weighted by molar-refractivity contribution is -0.234. The number of imidazole rings is 1. The molecule has 6 rings (SSSR count). The zero-order valence-electron chi connectivity index (χ0n) is 20.5. The molecule has 0 bridgehead atoms. The number of aliphatic hydroxyl groups is 1. The molecule has 37 heavy (non-hydrogen) atoms. The van der Waals surface area contributed by atoms with E-state index in [1.165, 1.54) is 12.1 Å². The van der Waals surface area contributed by atoms with E-state index in [0.29, 0.717) is 60.0 Å². The Bertz CT molecular complexity index is 1290. The summed E-state index contributed by atoms with van der Waals surface area (Å²) in [5.41, 5.74) is 1.68. The number of likely N-dealkylation sites (tertiary alicyclic amines) is 1. The van der Waals surface area contributed by atoms with Crippen molar-refractivity contribution in [2.24, 2.45) is 5.41 Å². The number of aromatic amines is 1. The number of aromatic nitrogens is 4. The maximum Gasteiger partial charge on any atom is 0.233 e. The average molecular weight is 509 g/mol. The SMILES string of the molecule is CC1(C(=O)N2CCC(O)C2)COC(c2nc(-c3ccc(F)cc3)c(-c3ccnc(NC4CC4)n3)[nH]2)OC1. The second kappa shape index (κ2) is 9.47. The molecule has 1 aliphatic carbocycles. The molecule has 1 unspecified atom stereocenters. The van der Waals surface area contributed by atoms with Crippen molar-refractivity contribution in [3.05, 3.63) is 48.2 Å². The second-order valence-electron chi connectivity index (χ2n) is 10.2. The number of β-amino-alcohol motifs (C(OH)–C–C–N with tert-alkyl or cyclic N) is 1. The Morgan fingerprint density at radius 3 is 2.59 bits per heavy atom. The standard InChI is InChI=1S/C26H29FN6O4/c1-26(24(35)33-11-9-18(34)12-33)13-36-23(37-14-26)22-31-20(15-2-4-16(27)5-3-15)21(32-22)19-8-10-28-25(30-19)29-17-6-7-17/h2-5,8,10,17-18,23,34H,6-7,9,11-14H2,1H3,(H,31,32)(H,28,29,30). The average Bonchev–Trinajstić information content (AvgIpc) is 3.43. The molecule has 3 aliphatic rings. The van der Waals surface area contributed by atoms with Crippen molar-refractivity contribution in [3.63, 3.8) is 0 Å². The largest absolute Gasteiger partial charge is 0.391 e. The van der Waals surface area contributed by atoms with E-state index in [0.717, 1.165) is 12.8 Å². The number of anilines is 1. The van der Waals surface area contributed by atoms with Gasteiger partial charge in [-0.2, -0.15) is 0 Å². The van der Waals surface area contributed by atoms with Gasteiger partial charge in [-0.1, -0.05) is 0 Å². The number of nitrogens with zero attached hydrogens (tertiary/aromatic N) is 4. The topological polar surface area (TPSA) is 125 Å². The molecule has 2 saturated heterocycles. The van der Waals surface area contributed by atoms with Crippen LogP contribution in [0.3, 0.4) is 0 Å². The number of amides is 1. The Hall–Kier alpha value is -3.41. The summed E-state index contributed by atoms with van der Waals surface area (Å²) in [5.74, 6) is 0.530. The lowest BCUT2D eigenvalue weighted by atomic mass is 9.90. The zero-order chi connectivity index (χ0) is 25.6. The number of benzene rings is 1. The number of H-pyrrole nitrogens is 1. The maximum absolute atomic E-state index is 13.6. The van der Waals surface area contributed by atoms with E-state index in [1.54, 1.807) is 29.3 Å². The van der Waals surface area contributed by atoms with Crippen LogP contribution in [0, 0.1) is 11.2 Å². The van der Waals surface area contributed by atoms with Crippen molar-refractivity contribution in [2.45, 2.75) is 44.6 Å². The highest BCUT2D eigenvalue weighted by atomic mass is 19.1. The molecular weight excluding hydrogens is 479 g/mol. The number of aliphatic hydroxyl groups excluding tert-OH is 1. The summed E-state index contributed by atoms with van der Waals surface area (Å²) in [6.45, 7) is 2.96. The van der Waals surface area contributed by atoms with Crippen LogP contribution in [0.2, 0.25) is 0 Å². The third-order valence-electron chi connectivity index (χ3n) is 6.96. The molecule has 1 saturated carbocycles. The van der Waals surface area contributed by atoms with Gasteiger partial charge in [-0.3, -0.25) is 4.79 Å². The van der Waals surface area contributed by atoms with Gasteiger partial charge in [-0.25, -0.2) is 19.3 Å². The summed E-state index contributed by atoms with van der Waals surface area (Å²) in [5, 5.41) is 13.1. The fourth-order valence-electron chi connectivity index (χ4n) is 4.68. The van der Waals surface area contributed by atoms with Crippen LogP contribution < -0.4 is 5.32 Å². The predicted octanol–water partition coefficient (Wildman–Crippen LogP) is 2.89. The van der Waals surface area contributed by atoms with E-state index in [-0.39, 0.29) is 24.9 Å². The van der Waals surface area contributed by atoms with Crippen molar-refractivity contribution in [3.8, 4) is 22.6 Å². The van der Waals surface area contributed by atoms with Gasteiger partial charge in [-0.15, -0.1) is 0 Å². The van der Waals surface area contributed by atoms with E-state index < -0.39 is 17.8 Å². The number of nitrogens with one attached hydrogen (secondary N) is 2. The Morgan fingerprint density at radius 2 is 1.92 bits per heavy atom. The van der Waals surface area contributed by atoms with Gasteiger partial charge in [0.15, 0.2) is 5.82 Å². The first kappa shape index (κ1) is 24.0. The summed E-state index contributed by atoms with van der Waals surface area (Å²) in [4.78, 5) is 31.8. The first-order valence-corrected chi connectivity index (χ1v) is 12.5. The Labute approximate surface area is 213 Å². The number of carbonyl (C=O) groups excluding carboxylic acids is 1. The minimum atomic E-state index is -0.855. The molecule has 1 atom stereocenters. The normalized spacial score (nSPS) is 25.9. The first-order valence-electron chi connectivity index (χ1n) is 12.5. The quantitative estimate of drug-likeness (QED) is 0.464. The third-order valence-corrected chi connectivity index (χ3v) is 6.96. The van der Waals surface area contributed by atoms with Crippen LogP contribution in [0.25, 0.3) is 22.6 Å². The molecule has 0 radical (unpaired) electrons. The van der Waals surface area contributed by atoms with Gasteiger partial charge < -0.3 is 29.8 Å². The van der Waals surface area contributed by atoms with Gasteiger partial charge >= 0.3 is 0 Å². The van der Waals surface area contributed by atoms with Gasteiger partial charge in [0.25, 0.3) is 0 Å². The molecule has 2 aromatic heterocycles. The third kappa shape index (κ3) is 4.94. The first-order chi connectivity index (χ1) is 17.9. The fourth-order valence-corrected chi connectivity index (χ4v) is 4.68. The Morgan fingerprint density at radius 1 is 1.16 bits per heavy atom. The van der Waals surface area contributed by atoms with E-state index in [4.69, 9.17) is 14.5 Å². The minimum absolute atomic E-state index is 0.0914. The highest BCUT2D eigenvalue weighted by molar-refractivity contribution is 5.83. The number of halogens is 1. The van der Waals surface area contributed by atoms with E-state index >= 15 is 0 Å². The number of hydrogen-bond acceptors (Lipinski definition) is 8. The van der Waals surface area contributed by atoms with Gasteiger partial charge in [-0.05, 0) is 56.5 Å². The molecular formula is C26H29FN6O4. The summed E-state index contributed by atoms with van der Waals surface area (Å²) in [6, 6.07) is 8.26. The summed E-state index contributed by atoms with van der Waals surface area (Å²) < 4.78 is 25.6. The van der Waals surface area contributed by atoms with Crippen LogP contribution in [0.15, 0.2) is 36.5 Å². The van der Waals surface area contributed by atoms with Gasteiger partial charge in [0, 0.05) is 30.9 Å².